The van der Waals surface area contributed by atoms with Crippen molar-refractivity contribution in [2.24, 2.45) is 0 Å². The lowest BCUT2D eigenvalue weighted by Gasteiger charge is -2.40. The summed E-state index contributed by atoms with van der Waals surface area (Å²) < 4.78 is 0. The number of urea groups is 1. The maximum absolute atomic E-state index is 13.1. The number of piperidine rings is 2. The summed E-state index contributed by atoms with van der Waals surface area (Å²) in [7, 11) is 0. The van der Waals surface area contributed by atoms with Crippen LogP contribution in [-0.4, -0.2) is 66.0 Å². The van der Waals surface area contributed by atoms with E-state index >= 15 is 0 Å². The Labute approximate surface area is 164 Å². The molecular weight excluding hydrogens is 360 g/mol. The van der Waals surface area contributed by atoms with Gasteiger partial charge in [-0.25, -0.2) is 4.79 Å². The summed E-state index contributed by atoms with van der Waals surface area (Å²) in [5.41, 5.74) is 1.38. The molecule has 0 spiro atoms. The average molecular weight is 389 g/mol. The molecule has 2 atom stereocenters. The number of thiophene rings is 1. The molecule has 4 aliphatic rings. The van der Waals surface area contributed by atoms with Crippen molar-refractivity contribution >= 4 is 23.3 Å². The Morgan fingerprint density at radius 1 is 1.15 bits per heavy atom. The van der Waals surface area contributed by atoms with E-state index < -0.39 is 0 Å². The molecule has 1 aliphatic carbocycles. The molecular formula is C20H28N4O2S. The van der Waals surface area contributed by atoms with Gasteiger partial charge in [-0.05, 0) is 69.7 Å². The third kappa shape index (κ3) is 3.14. The molecule has 1 aromatic heterocycles. The second kappa shape index (κ2) is 7.09. The third-order valence-corrected chi connectivity index (χ3v) is 7.90. The van der Waals surface area contributed by atoms with Crippen LogP contribution in [0.25, 0.3) is 0 Å². The molecule has 4 heterocycles. The summed E-state index contributed by atoms with van der Waals surface area (Å²) in [5.74, 6) is 0.155. The van der Waals surface area contributed by atoms with Crippen LogP contribution in [0.2, 0.25) is 0 Å². The molecule has 0 aromatic carbocycles. The van der Waals surface area contributed by atoms with E-state index in [0.717, 1.165) is 56.6 Å². The lowest BCUT2D eigenvalue weighted by molar-refractivity contribution is 0.0628. The standard InChI is InChI=1S/C20H28N4O2S/c25-19(18-11-13-3-1-2-4-17(13)27-18)23-10-7-16-15(12-23)22-20(26)24(16)14-5-8-21-9-6-14/h11,14-16,21H,1-10,12H2,(H,22,26). The van der Waals surface area contributed by atoms with E-state index in [-0.39, 0.29) is 24.0 Å². The average Bonchev–Trinajstić information content (AvgIpc) is 3.27. The summed E-state index contributed by atoms with van der Waals surface area (Å²) in [4.78, 5) is 32.0. The molecule has 5 rings (SSSR count). The van der Waals surface area contributed by atoms with E-state index in [9.17, 15) is 9.59 Å². The van der Waals surface area contributed by atoms with Gasteiger partial charge in [-0.15, -0.1) is 11.3 Å². The van der Waals surface area contributed by atoms with E-state index in [1.54, 1.807) is 11.3 Å². The van der Waals surface area contributed by atoms with Gasteiger partial charge >= 0.3 is 6.03 Å². The van der Waals surface area contributed by atoms with Crippen LogP contribution in [0.3, 0.4) is 0 Å². The van der Waals surface area contributed by atoms with Crippen LogP contribution in [0, 0.1) is 0 Å². The quantitative estimate of drug-likeness (QED) is 0.814. The van der Waals surface area contributed by atoms with Crippen molar-refractivity contribution in [2.45, 2.75) is 63.1 Å². The van der Waals surface area contributed by atoms with Crippen LogP contribution in [0.15, 0.2) is 6.07 Å². The van der Waals surface area contributed by atoms with Crippen molar-refractivity contribution in [3.05, 3.63) is 21.4 Å². The van der Waals surface area contributed by atoms with Crippen molar-refractivity contribution in [1.82, 2.24) is 20.4 Å². The number of rotatable bonds is 2. The minimum Gasteiger partial charge on any atom is -0.336 e. The topological polar surface area (TPSA) is 64.7 Å². The first-order chi connectivity index (χ1) is 13.2. The van der Waals surface area contributed by atoms with Crippen LogP contribution < -0.4 is 10.6 Å². The molecule has 2 N–H and O–H groups in total. The lowest BCUT2D eigenvalue weighted by Crippen LogP contribution is -2.55. The molecule has 2 unspecified atom stereocenters. The predicted octanol–water partition coefficient (Wildman–Crippen LogP) is 1.99. The van der Waals surface area contributed by atoms with Gasteiger partial charge in [0.05, 0.1) is 17.0 Å². The summed E-state index contributed by atoms with van der Waals surface area (Å²) in [6.45, 7) is 3.36. The molecule has 3 amide bonds. The Morgan fingerprint density at radius 2 is 1.96 bits per heavy atom. The van der Waals surface area contributed by atoms with Gasteiger partial charge in [0.25, 0.3) is 5.91 Å². The van der Waals surface area contributed by atoms with Crippen molar-refractivity contribution < 1.29 is 9.59 Å². The van der Waals surface area contributed by atoms with Gasteiger partial charge in [-0.2, -0.15) is 0 Å². The molecule has 27 heavy (non-hydrogen) atoms. The molecule has 3 aliphatic heterocycles. The molecule has 0 bridgehead atoms. The van der Waals surface area contributed by atoms with E-state index in [0.29, 0.717) is 12.6 Å². The third-order valence-electron chi connectivity index (χ3n) is 6.67. The highest BCUT2D eigenvalue weighted by Crippen LogP contribution is 2.32. The van der Waals surface area contributed by atoms with Crippen molar-refractivity contribution in [3.8, 4) is 0 Å². The first-order valence-corrected chi connectivity index (χ1v) is 11.2. The fourth-order valence-corrected chi connectivity index (χ4v) is 6.48. The molecule has 3 fully saturated rings. The number of amides is 3. The highest BCUT2D eigenvalue weighted by molar-refractivity contribution is 7.14. The number of hydrogen-bond acceptors (Lipinski definition) is 4. The van der Waals surface area contributed by atoms with E-state index in [1.165, 1.54) is 23.3 Å². The number of fused-ring (bicyclic) bond motifs is 2. The molecule has 7 heteroatoms. The lowest BCUT2D eigenvalue weighted by atomic mass is 9.96. The summed E-state index contributed by atoms with van der Waals surface area (Å²) >= 11 is 1.69. The minimum absolute atomic E-state index is 0.0674. The zero-order valence-corrected chi connectivity index (χ0v) is 16.5. The smallest absolute Gasteiger partial charge is 0.318 e. The number of hydrogen-bond donors (Lipinski definition) is 2. The summed E-state index contributed by atoms with van der Waals surface area (Å²) in [5, 5.41) is 6.54. The van der Waals surface area contributed by atoms with Crippen molar-refractivity contribution in [1.29, 1.82) is 0 Å². The second-order valence-electron chi connectivity index (χ2n) is 8.32. The number of carbonyl (C=O) groups is 2. The Hall–Kier alpha value is -1.60. The molecule has 1 aromatic rings. The molecule has 6 nitrogen and oxygen atoms in total. The van der Waals surface area contributed by atoms with Crippen LogP contribution in [0.4, 0.5) is 4.79 Å². The minimum atomic E-state index is 0.0674. The van der Waals surface area contributed by atoms with Crippen LogP contribution in [0.5, 0.6) is 0 Å². The largest absolute Gasteiger partial charge is 0.336 e. The van der Waals surface area contributed by atoms with Gasteiger partial charge in [0.2, 0.25) is 0 Å². The number of likely N-dealkylation sites (tertiary alicyclic amines) is 1. The predicted molar refractivity (Wildman–Crippen MR) is 105 cm³/mol. The van der Waals surface area contributed by atoms with Crippen LogP contribution in [-0.2, 0) is 12.8 Å². The van der Waals surface area contributed by atoms with E-state index in [1.807, 2.05) is 4.90 Å². The molecule has 3 saturated heterocycles. The monoisotopic (exact) mass is 388 g/mol. The zero-order chi connectivity index (χ0) is 18.4. The van der Waals surface area contributed by atoms with Gasteiger partial charge in [-0.1, -0.05) is 0 Å². The van der Waals surface area contributed by atoms with Gasteiger partial charge in [0.15, 0.2) is 0 Å². The van der Waals surface area contributed by atoms with E-state index in [2.05, 4.69) is 21.6 Å². The van der Waals surface area contributed by atoms with E-state index in [4.69, 9.17) is 0 Å². The molecule has 0 radical (unpaired) electrons. The van der Waals surface area contributed by atoms with Gasteiger partial charge < -0.3 is 20.4 Å². The molecule has 146 valence electrons. The highest BCUT2D eigenvalue weighted by Gasteiger charge is 2.46. The Balaban J connectivity index is 1.28. The normalized spacial score (nSPS) is 28.7. The Bertz CT molecular complexity index is 719. The maximum atomic E-state index is 13.1. The number of nitrogens with one attached hydrogen (secondary N) is 2. The number of carbonyl (C=O) groups excluding carboxylic acids is 2. The van der Waals surface area contributed by atoms with Gasteiger partial charge in [-0.3, -0.25) is 4.79 Å². The number of aryl methyl sites for hydroxylation is 2. The SMILES string of the molecule is O=C(c1cc2c(s1)CCCC2)N1CCC2C(C1)NC(=O)N2C1CCNCC1. The summed E-state index contributed by atoms with van der Waals surface area (Å²) in [6, 6.07) is 2.84. The first kappa shape index (κ1) is 17.5. The molecule has 0 saturated carbocycles. The fourth-order valence-electron chi connectivity index (χ4n) is 5.26. The summed E-state index contributed by atoms with van der Waals surface area (Å²) in [6.07, 6.45) is 7.66. The van der Waals surface area contributed by atoms with Crippen LogP contribution in [0.1, 0.15) is 52.2 Å². The highest BCUT2D eigenvalue weighted by atomic mass is 32.1. The van der Waals surface area contributed by atoms with Crippen molar-refractivity contribution in [2.75, 3.05) is 26.2 Å². The second-order valence-corrected chi connectivity index (χ2v) is 9.45. The fraction of sp³-hybridized carbons (Fsp3) is 0.700. The zero-order valence-electron chi connectivity index (χ0n) is 15.7. The van der Waals surface area contributed by atoms with Crippen molar-refractivity contribution in [3.63, 3.8) is 0 Å². The van der Waals surface area contributed by atoms with Gasteiger partial charge in [0.1, 0.15) is 0 Å². The maximum Gasteiger partial charge on any atom is 0.318 e. The van der Waals surface area contributed by atoms with Gasteiger partial charge in [0, 0.05) is 24.0 Å². The first-order valence-electron chi connectivity index (χ1n) is 10.4. The van der Waals surface area contributed by atoms with Crippen LogP contribution >= 0.6 is 11.3 Å². The Morgan fingerprint density at radius 3 is 2.78 bits per heavy atom. The number of nitrogens with zero attached hydrogens (tertiary/aromatic N) is 2. The Kier molecular flexibility index (Phi) is 4.60.